The zero-order valence-corrected chi connectivity index (χ0v) is 14.2. The molecule has 0 bridgehead atoms. The average molecular weight is 331 g/mol. The summed E-state index contributed by atoms with van der Waals surface area (Å²) in [5.41, 5.74) is 1.07. The smallest absolute Gasteiger partial charge is 0.179 e. The summed E-state index contributed by atoms with van der Waals surface area (Å²) in [5.74, 6) is 1.31. The van der Waals surface area contributed by atoms with Crippen LogP contribution in [0.1, 0.15) is 25.8 Å². The SMILES string of the molecule is CCOc1cc(CNCCCNCCO)cc(Cl)c1OCC. The minimum atomic E-state index is 0.179. The number of halogens is 1. The molecular formula is C16H27ClN2O3. The third kappa shape index (κ3) is 6.83. The molecule has 126 valence electrons. The number of hydrogen-bond acceptors (Lipinski definition) is 5. The zero-order chi connectivity index (χ0) is 16.2. The molecule has 6 heteroatoms. The van der Waals surface area contributed by atoms with E-state index in [0.717, 1.165) is 31.6 Å². The number of ether oxygens (including phenoxy) is 2. The van der Waals surface area contributed by atoms with Crippen molar-refractivity contribution in [2.45, 2.75) is 26.8 Å². The van der Waals surface area contributed by atoms with Crippen molar-refractivity contribution in [3.8, 4) is 11.5 Å². The molecular weight excluding hydrogens is 304 g/mol. The second-order valence-electron chi connectivity index (χ2n) is 4.77. The van der Waals surface area contributed by atoms with E-state index in [4.69, 9.17) is 26.2 Å². The normalized spacial score (nSPS) is 10.7. The van der Waals surface area contributed by atoms with Crippen LogP contribution in [-0.2, 0) is 6.54 Å². The molecule has 0 radical (unpaired) electrons. The molecule has 0 aliphatic rings. The van der Waals surface area contributed by atoms with Crippen LogP contribution >= 0.6 is 11.6 Å². The summed E-state index contributed by atoms with van der Waals surface area (Å²) >= 11 is 6.28. The van der Waals surface area contributed by atoms with Crippen LogP contribution in [0, 0.1) is 0 Å². The van der Waals surface area contributed by atoms with Crippen LogP contribution in [0.4, 0.5) is 0 Å². The summed E-state index contributed by atoms with van der Waals surface area (Å²) in [6, 6.07) is 3.88. The van der Waals surface area contributed by atoms with E-state index in [0.29, 0.717) is 36.3 Å². The molecule has 22 heavy (non-hydrogen) atoms. The lowest BCUT2D eigenvalue weighted by Gasteiger charge is -2.14. The fourth-order valence-corrected chi connectivity index (χ4v) is 2.33. The lowest BCUT2D eigenvalue weighted by molar-refractivity contribution is 0.287. The largest absolute Gasteiger partial charge is 0.490 e. The van der Waals surface area contributed by atoms with Crippen molar-refractivity contribution in [1.29, 1.82) is 0 Å². The highest BCUT2D eigenvalue weighted by Gasteiger charge is 2.12. The lowest BCUT2D eigenvalue weighted by atomic mass is 10.2. The molecule has 0 amide bonds. The molecule has 1 aromatic carbocycles. The summed E-state index contributed by atoms with van der Waals surface area (Å²) in [7, 11) is 0. The van der Waals surface area contributed by atoms with E-state index in [-0.39, 0.29) is 6.61 Å². The molecule has 0 spiro atoms. The van der Waals surface area contributed by atoms with Crippen LogP contribution in [0.2, 0.25) is 5.02 Å². The predicted octanol–water partition coefficient (Wildman–Crippen LogP) is 2.20. The van der Waals surface area contributed by atoms with Gasteiger partial charge in [-0.25, -0.2) is 0 Å². The Hall–Kier alpha value is -1.01. The van der Waals surface area contributed by atoms with Gasteiger partial charge >= 0.3 is 0 Å². The average Bonchev–Trinajstić information content (AvgIpc) is 2.50. The van der Waals surface area contributed by atoms with E-state index in [2.05, 4.69) is 10.6 Å². The standard InChI is InChI=1S/C16H27ClN2O3/c1-3-21-15-11-13(10-14(17)16(15)22-4-2)12-19-7-5-6-18-8-9-20/h10-11,18-20H,3-9,12H2,1-2H3. The van der Waals surface area contributed by atoms with E-state index in [1.807, 2.05) is 26.0 Å². The number of rotatable bonds is 12. The maximum Gasteiger partial charge on any atom is 0.179 e. The molecule has 0 atom stereocenters. The molecule has 0 aliphatic carbocycles. The topological polar surface area (TPSA) is 62.8 Å². The van der Waals surface area contributed by atoms with Gasteiger partial charge in [0.25, 0.3) is 0 Å². The monoisotopic (exact) mass is 330 g/mol. The Bertz CT molecular complexity index is 430. The number of benzene rings is 1. The zero-order valence-electron chi connectivity index (χ0n) is 13.5. The Labute approximate surface area is 138 Å². The number of aliphatic hydroxyl groups is 1. The predicted molar refractivity (Wildman–Crippen MR) is 90.1 cm³/mol. The first-order valence-electron chi connectivity index (χ1n) is 7.83. The van der Waals surface area contributed by atoms with Gasteiger partial charge in [-0.3, -0.25) is 0 Å². The Morgan fingerprint density at radius 1 is 1.05 bits per heavy atom. The molecule has 1 aromatic rings. The first-order chi connectivity index (χ1) is 10.7. The van der Waals surface area contributed by atoms with Gasteiger partial charge in [0.15, 0.2) is 11.5 Å². The van der Waals surface area contributed by atoms with Crippen molar-refractivity contribution in [2.24, 2.45) is 0 Å². The van der Waals surface area contributed by atoms with Crippen molar-refractivity contribution in [3.05, 3.63) is 22.7 Å². The van der Waals surface area contributed by atoms with Crippen molar-refractivity contribution in [2.75, 3.05) is 39.5 Å². The molecule has 0 heterocycles. The highest BCUT2D eigenvalue weighted by Crippen LogP contribution is 2.36. The van der Waals surface area contributed by atoms with Gasteiger partial charge in [0.1, 0.15) is 0 Å². The van der Waals surface area contributed by atoms with Gasteiger partial charge in [0, 0.05) is 13.1 Å². The van der Waals surface area contributed by atoms with E-state index >= 15 is 0 Å². The Kier molecular flexibility index (Phi) is 9.99. The van der Waals surface area contributed by atoms with Crippen LogP contribution in [0.5, 0.6) is 11.5 Å². The van der Waals surface area contributed by atoms with Crippen molar-refractivity contribution >= 4 is 11.6 Å². The highest BCUT2D eigenvalue weighted by atomic mass is 35.5. The maximum atomic E-state index is 8.66. The molecule has 0 saturated carbocycles. The minimum absolute atomic E-state index is 0.179. The first kappa shape index (κ1) is 19.0. The molecule has 0 fully saturated rings. The van der Waals surface area contributed by atoms with Gasteiger partial charge in [0.2, 0.25) is 0 Å². The highest BCUT2D eigenvalue weighted by molar-refractivity contribution is 6.32. The van der Waals surface area contributed by atoms with Gasteiger partial charge in [0.05, 0.1) is 24.8 Å². The van der Waals surface area contributed by atoms with Gasteiger partial charge in [-0.2, -0.15) is 0 Å². The summed E-state index contributed by atoms with van der Waals surface area (Å²) in [6.45, 7) is 8.33. The summed E-state index contributed by atoms with van der Waals surface area (Å²) in [4.78, 5) is 0. The molecule has 1 rings (SSSR count). The molecule has 0 aromatic heterocycles. The van der Waals surface area contributed by atoms with Gasteiger partial charge in [-0.1, -0.05) is 11.6 Å². The fourth-order valence-electron chi connectivity index (χ4n) is 2.05. The third-order valence-corrected chi connectivity index (χ3v) is 3.26. The molecule has 0 unspecified atom stereocenters. The van der Waals surface area contributed by atoms with Crippen molar-refractivity contribution < 1.29 is 14.6 Å². The second-order valence-corrected chi connectivity index (χ2v) is 5.18. The van der Waals surface area contributed by atoms with Gasteiger partial charge < -0.3 is 25.2 Å². The molecule has 3 N–H and O–H groups in total. The van der Waals surface area contributed by atoms with E-state index in [1.165, 1.54) is 0 Å². The first-order valence-corrected chi connectivity index (χ1v) is 8.21. The van der Waals surface area contributed by atoms with Crippen LogP contribution in [-0.4, -0.2) is 44.6 Å². The third-order valence-electron chi connectivity index (χ3n) is 2.98. The maximum absolute atomic E-state index is 8.66. The van der Waals surface area contributed by atoms with Crippen LogP contribution in [0.15, 0.2) is 12.1 Å². The summed E-state index contributed by atoms with van der Waals surface area (Å²) in [6.07, 6.45) is 1.00. The molecule has 5 nitrogen and oxygen atoms in total. The quantitative estimate of drug-likeness (QED) is 0.513. The molecule has 0 aliphatic heterocycles. The van der Waals surface area contributed by atoms with Gasteiger partial charge in [-0.05, 0) is 51.1 Å². The Morgan fingerprint density at radius 3 is 2.45 bits per heavy atom. The van der Waals surface area contributed by atoms with Crippen LogP contribution in [0.25, 0.3) is 0 Å². The van der Waals surface area contributed by atoms with E-state index in [9.17, 15) is 0 Å². The van der Waals surface area contributed by atoms with Crippen molar-refractivity contribution in [1.82, 2.24) is 10.6 Å². The second kappa shape index (κ2) is 11.5. The van der Waals surface area contributed by atoms with E-state index in [1.54, 1.807) is 0 Å². The van der Waals surface area contributed by atoms with E-state index < -0.39 is 0 Å². The number of hydrogen-bond donors (Lipinski definition) is 3. The van der Waals surface area contributed by atoms with Crippen LogP contribution in [0.3, 0.4) is 0 Å². The van der Waals surface area contributed by atoms with Crippen LogP contribution < -0.4 is 20.1 Å². The summed E-state index contributed by atoms with van der Waals surface area (Å²) < 4.78 is 11.2. The number of nitrogens with one attached hydrogen (secondary N) is 2. The van der Waals surface area contributed by atoms with Crippen molar-refractivity contribution in [3.63, 3.8) is 0 Å². The number of aliphatic hydroxyl groups excluding tert-OH is 1. The summed E-state index contributed by atoms with van der Waals surface area (Å²) in [5, 5.41) is 15.8. The Morgan fingerprint density at radius 2 is 1.77 bits per heavy atom. The fraction of sp³-hybridized carbons (Fsp3) is 0.625. The lowest BCUT2D eigenvalue weighted by Crippen LogP contribution is -2.23. The van der Waals surface area contributed by atoms with Gasteiger partial charge in [-0.15, -0.1) is 0 Å². The Balaban J connectivity index is 2.49. The minimum Gasteiger partial charge on any atom is -0.490 e. The molecule has 0 saturated heterocycles.